The quantitative estimate of drug-likeness (QED) is 0.834. The maximum atomic E-state index is 8.58. The predicted octanol–water partition coefficient (Wildman–Crippen LogP) is 3.06. The van der Waals surface area contributed by atoms with Gasteiger partial charge in [0.15, 0.2) is 0 Å². The molecule has 4 nitrogen and oxygen atoms in total. The van der Waals surface area contributed by atoms with E-state index in [1.54, 1.807) is 0 Å². The maximum Gasteiger partial charge on any atom is 0.225 e. The number of benzene rings is 1. The van der Waals surface area contributed by atoms with E-state index in [1.165, 1.54) is 5.56 Å². The summed E-state index contributed by atoms with van der Waals surface area (Å²) < 4.78 is 0. The van der Waals surface area contributed by atoms with Crippen LogP contribution in [0.5, 0.6) is 0 Å². The number of anilines is 1. The third-order valence-corrected chi connectivity index (χ3v) is 3.23. The summed E-state index contributed by atoms with van der Waals surface area (Å²) in [5, 5.41) is 8.58. The van der Waals surface area contributed by atoms with Crippen molar-refractivity contribution in [3.63, 3.8) is 0 Å². The molecule has 0 bridgehead atoms. The third kappa shape index (κ3) is 3.33. The van der Waals surface area contributed by atoms with Gasteiger partial charge in [0.2, 0.25) is 5.95 Å². The second-order valence-electron chi connectivity index (χ2n) is 4.65. The van der Waals surface area contributed by atoms with E-state index in [0.717, 1.165) is 17.5 Å². The van der Waals surface area contributed by atoms with E-state index < -0.39 is 0 Å². The Balaban J connectivity index is 2.12. The van der Waals surface area contributed by atoms with Gasteiger partial charge in [-0.25, -0.2) is 9.97 Å². The first-order valence-corrected chi connectivity index (χ1v) is 6.74. The molecule has 0 aliphatic heterocycles. The number of nitriles is 1. The first kappa shape index (κ1) is 14.0. The highest BCUT2D eigenvalue weighted by atomic mass is 15.2. The fraction of sp³-hybridized carbons (Fsp3) is 0.312. The first-order valence-electron chi connectivity index (χ1n) is 6.74. The standard InChI is InChI=1S/C16H18N4/c1-3-13-5-7-14(8-6-13)15-11-18-16(19-12-15)20(2)10-4-9-17/h5-8,11-12H,3-4,10H2,1-2H3. The highest BCUT2D eigenvalue weighted by Crippen LogP contribution is 2.19. The average Bonchev–Trinajstić information content (AvgIpc) is 2.53. The largest absolute Gasteiger partial charge is 0.343 e. The average molecular weight is 266 g/mol. The Bertz CT molecular complexity index is 581. The molecule has 1 aromatic heterocycles. The lowest BCUT2D eigenvalue weighted by Crippen LogP contribution is -2.20. The number of aryl methyl sites for hydroxylation is 1. The van der Waals surface area contributed by atoms with Crippen LogP contribution in [0.2, 0.25) is 0 Å². The van der Waals surface area contributed by atoms with Crippen molar-refractivity contribution in [1.29, 1.82) is 5.26 Å². The Morgan fingerprint density at radius 3 is 2.30 bits per heavy atom. The molecule has 2 aromatic rings. The summed E-state index contributed by atoms with van der Waals surface area (Å²) in [6.45, 7) is 2.78. The normalized spacial score (nSPS) is 10.1. The van der Waals surface area contributed by atoms with Crippen LogP contribution in [0.3, 0.4) is 0 Å². The van der Waals surface area contributed by atoms with E-state index in [0.29, 0.717) is 18.9 Å². The van der Waals surface area contributed by atoms with Gasteiger partial charge in [0.25, 0.3) is 0 Å². The van der Waals surface area contributed by atoms with Crippen LogP contribution in [0.15, 0.2) is 36.7 Å². The lowest BCUT2D eigenvalue weighted by molar-refractivity contribution is 0.859. The second kappa shape index (κ2) is 6.67. The van der Waals surface area contributed by atoms with Crippen molar-refractivity contribution < 1.29 is 0 Å². The number of rotatable bonds is 5. The van der Waals surface area contributed by atoms with Crippen molar-refractivity contribution in [1.82, 2.24) is 9.97 Å². The minimum absolute atomic E-state index is 0.472. The molecular weight excluding hydrogens is 248 g/mol. The van der Waals surface area contributed by atoms with Gasteiger partial charge < -0.3 is 4.90 Å². The van der Waals surface area contributed by atoms with Crippen LogP contribution >= 0.6 is 0 Å². The van der Waals surface area contributed by atoms with Crippen LogP contribution in [0.1, 0.15) is 18.9 Å². The molecule has 2 rings (SSSR count). The summed E-state index contributed by atoms with van der Waals surface area (Å²) in [6, 6.07) is 10.6. The van der Waals surface area contributed by atoms with Gasteiger partial charge >= 0.3 is 0 Å². The lowest BCUT2D eigenvalue weighted by Gasteiger charge is -2.15. The van der Waals surface area contributed by atoms with Gasteiger partial charge in [-0.1, -0.05) is 31.2 Å². The number of nitrogens with zero attached hydrogens (tertiary/aromatic N) is 4. The molecular formula is C16H18N4. The maximum absolute atomic E-state index is 8.58. The predicted molar refractivity (Wildman–Crippen MR) is 80.3 cm³/mol. The van der Waals surface area contributed by atoms with E-state index in [2.05, 4.69) is 47.2 Å². The summed E-state index contributed by atoms with van der Waals surface area (Å²) in [7, 11) is 1.89. The molecule has 0 aliphatic rings. The van der Waals surface area contributed by atoms with Crippen LogP contribution in [0, 0.1) is 11.3 Å². The zero-order chi connectivity index (χ0) is 14.4. The zero-order valence-corrected chi connectivity index (χ0v) is 11.9. The van der Waals surface area contributed by atoms with Gasteiger partial charge in [-0.15, -0.1) is 0 Å². The van der Waals surface area contributed by atoms with Gasteiger partial charge in [0.1, 0.15) is 0 Å². The Morgan fingerprint density at radius 2 is 1.75 bits per heavy atom. The number of aromatic nitrogens is 2. The molecule has 1 aromatic carbocycles. The van der Waals surface area contributed by atoms with Gasteiger partial charge in [-0.2, -0.15) is 5.26 Å². The molecule has 0 N–H and O–H groups in total. The van der Waals surface area contributed by atoms with Crippen molar-refractivity contribution in [2.45, 2.75) is 19.8 Å². The van der Waals surface area contributed by atoms with Crippen molar-refractivity contribution >= 4 is 5.95 Å². The van der Waals surface area contributed by atoms with Gasteiger partial charge in [0, 0.05) is 31.5 Å². The van der Waals surface area contributed by atoms with Crippen LogP contribution in [-0.2, 0) is 6.42 Å². The number of hydrogen-bond acceptors (Lipinski definition) is 4. The van der Waals surface area contributed by atoms with E-state index in [4.69, 9.17) is 5.26 Å². The summed E-state index contributed by atoms with van der Waals surface area (Å²) >= 11 is 0. The minimum Gasteiger partial charge on any atom is -0.343 e. The van der Waals surface area contributed by atoms with E-state index in [1.807, 2.05) is 24.3 Å². The Hall–Kier alpha value is -2.41. The Labute approximate surface area is 119 Å². The summed E-state index contributed by atoms with van der Waals surface area (Å²) in [5.41, 5.74) is 3.45. The van der Waals surface area contributed by atoms with E-state index in [-0.39, 0.29) is 0 Å². The van der Waals surface area contributed by atoms with E-state index >= 15 is 0 Å². The second-order valence-corrected chi connectivity index (χ2v) is 4.65. The van der Waals surface area contributed by atoms with Crippen molar-refractivity contribution in [2.75, 3.05) is 18.5 Å². The van der Waals surface area contributed by atoms with Crippen LogP contribution in [0.4, 0.5) is 5.95 Å². The zero-order valence-electron chi connectivity index (χ0n) is 11.9. The fourth-order valence-corrected chi connectivity index (χ4v) is 1.92. The Kier molecular flexibility index (Phi) is 4.67. The highest BCUT2D eigenvalue weighted by Gasteiger charge is 2.05. The molecule has 0 aliphatic carbocycles. The third-order valence-electron chi connectivity index (χ3n) is 3.23. The molecule has 0 atom stereocenters. The molecule has 102 valence electrons. The fourth-order valence-electron chi connectivity index (χ4n) is 1.92. The molecule has 0 saturated heterocycles. The van der Waals surface area contributed by atoms with Crippen molar-refractivity contribution in [3.05, 3.63) is 42.2 Å². The SMILES string of the molecule is CCc1ccc(-c2cnc(N(C)CCC#N)nc2)cc1. The van der Waals surface area contributed by atoms with Crippen LogP contribution < -0.4 is 4.90 Å². The van der Waals surface area contributed by atoms with E-state index in [9.17, 15) is 0 Å². The van der Waals surface area contributed by atoms with Crippen molar-refractivity contribution in [3.8, 4) is 17.2 Å². The Morgan fingerprint density at radius 1 is 1.10 bits per heavy atom. The lowest BCUT2D eigenvalue weighted by atomic mass is 10.1. The van der Waals surface area contributed by atoms with Gasteiger partial charge in [0.05, 0.1) is 12.5 Å². The minimum atomic E-state index is 0.472. The highest BCUT2D eigenvalue weighted by molar-refractivity contribution is 5.62. The number of hydrogen-bond donors (Lipinski definition) is 0. The molecule has 0 spiro atoms. The molecule has 0 radical (unpaired) electrons. The molecule has 0 saturated carbocycles. The molecule has 4 heteroatoms. The summed E-state index contributed by atoms with van der Waals surface area (Å²) in [4.78, 5) is 10.6. The van der Waals surface area contributed by atoms with Gasteiger partial charge in [-0.05, 0) is 17.5 Å². The monoisotopic (exact) mass is 266 g/mol. The molecule has 0 fully saturated rings. The molecule has 1 heterocycles. The molecule has 20 heavy (non-hydrogen) atoms. The topological polar surface area (TPSA) is 52.8 Å². The smallest absolute Gasteiger partial charge is 0.225 e. The molecule has 0 amide bonds. The van der Waals surface area contributed by atoms with Gasteiger partial charge in [-0.3, -0.25) is 0 Å². The molecule has 0 unspecified atom stereocenters. The first-order chi connectivity index (χ1) is 9.74. The summed E-state index contributed by atoms with van der Waals surface area (Å²) in [5.74, 6) is 0.647. The summed E-state index contributed by atoms with van der Waals surface area (Å²) in [6.07, 6.45) is 5.16. The van der Waals surface area contributed by atoms with Crippen LogP contribution in [-0.4, -0.2) is 23.6 Å². The van der Waals surface area contributed by atoms with Crippen molar-refractivity contribution in [2.24, 2.45) is 0 Å². The van der Waals surface area contributed by atoms with Crippen LogP contribution in [0.25, 0.3) is 11.1 Å².